The maximum Gasteiger partial charge on any atom is 0.237 e. The SMILES string of the molecule is CCC(Sc1ncnc2scc(-c3ccc(C)cc3)c12)C(=O)Nc1c(C)cccc1C. The standard InChI is InChI=1S/C25H25N3OS2/c1-5-20(23(29)28-22-16(3)7-6-8-17(22)4)31-25-21-19(13-30-24(21)26-14-27-25)18-11-9-15(2)10-12-18/h6-14,20H,5H2,1-4H3,(H,28,29). The average Bonchev–Trinajstić information content (AvgIpc) is 3.20. The van der Waals surface area contributed by atoms with Crippen LogP contribution in [0.3, 0.4) is 0 Å². The fourth-order valence-corrected chi connectivity index (χ4v) is 5.57. The van der Waals surface area contributed by atoms with E-state index >= 15 is 0 Å². The molecule has 6 heteroatoms. The van der Waals surface area contributed by atoms with E-state index in [1.165, 1.54) is 17.3 Å². The number of aryl methyl sites for hydroxylation is 3. The fourth-order valence-electron chi connectivity index (χ4n) is 3.55. The smallest absolute Gasteiger partial charge is 0.237 e. The molecule has 0 aliphatic carbocycles. The molecule has 1 amide bonds. The molecule has 2 aromatic carbocycles. The van der Waals surface area contributed by atoms with Crippen LogP contribution in [0.25, 0.3) is 21.3 Å². The van der Waals surface area contributed by atoms with Crippen LogP contribution in [-0.4, -0.2) is 21.1 Å². The van der Waals surface area contributed by atoms with E-state index in [1.807, 2.05) is 39.0 Å². The number of rotatable bonds is 6. The van der Waals surface area contributed by atoms with Crippen molar-refractivity contribution in [2.24, 2.45) is 0 Å². The number of anilines is 1. The second-order valence-electron chi connectivity index (χ2n) is 7.65. The molecule has 2 aromatic heterocycles. The van der Waals surface area contributed by atoms with Crippen LogP contribution in [0.5, 0.6) is 0 Å². The second kappa shape index (κ2) is 9.20. The number of hydrogen-bond donors (Lipinski definition) is 1. The Balaban J connectivity index is 1.66. The van der Waals surface area contributed by atoms with Crippen LogP contribution in [0.15, 0.2) is 59.2 Å². The molecule has 0 bridgehead atoms. The van der Waals surface area contributed by atoms with Gasteiger partial charge in [0.2, 0.25) is 5.91 Å². The summed E-state index contributed by atoms with van der Waals surface area (Å²) >= 11 is 3.13. The summed E-state index contributed by atoms with van der Waals surface area (Å²) in [6, 6.07) is 14.5. The molecule has 0 fully saturated rings. The molecule has 1 unspecified atom stereocenters. The minimum Gasteiger partial charge on any atom is -0.325 e. The van der Waals surface area contributed by atoms with Gasteiger partial charge in [-0.1, -0.05) is 66.7 Å². The molecule has 0 radical (unpaired) electrons. The number of amides is 1. The number of carbonyl (C=O) groups is 1. The molecule has 4 aromatic rings. The van der Waals surface area contributed by atoms with Crippen molar-refractivity contribution in [1.29, 1.82) is 0 Å². The third kappa shape index (κ3) is 4.50. The van der Waals surface area contributed by atoms with Crippen LogP contribution in [0.4, 0.5) is 5.69 Å². The first-order valence-electron chi connectivity index (χ1n) is 10.3. The Morgan fingerprint density at radius 1 is 1.06 bits per heavy atom. The maximum atomic E-state index is 13.1. The zero-order valence-electron chi connectivity index (χ0n) is 18.1. The van der Waals surface area contributed by atoms with Crippen molar-refractivity contribution in [2.45, 2.75) is 44.4 Å². The maximum absolute atomic E-state index is 13.1. The molecule has 1 N–H and O–H groups in total. The minimum atomic E-state index is -0.247. The number of aromatic nitrogens is 2. The average molecular weight is 448 g/mol. The molecule has 0 aliphatic heterocycles. The van der Waals surface area contributed by atoms with Crippen LogP contribution in [0, 0.1) is 20.8 Å². The third-order valence-corrected chi connectivity index (χ3v) is 7.60. The van der Waals surface area contributed by atoms with E-state index < -0.39 is 0 Å². The highest BCUT2D eigenvalue weighted by Crippen LogP contribution is 2.39. The first-order valence-corrected chi connectivity index (χ1v) is 12.1. The molecular formula is C25H25N3OS2. The topological polar surface area (TPSA) is 54.9 Å². The highest BCUT2D eigenvalue weighted by Gasteiger charge is 2.23. The minimum absolute atomic E-state index is 0.00350. The highest BCUT2D eigenvalue weighted by atomic mass is 32.2. The highest BCUT2D eigenvalue weighted by molar-refractivity contribution is 8.00. The summed E-state index contributed by atoms with van der Waals surface area (Å²) in [5.41, 5.74) is 6.52. The third-order valence-electron chi connectivity index (χ3n) is 5.34. The predicted molar refractivity (Wildman–Crippen MR) is 132 cm³/mol. The van der Waals surface area contributed by atoms with Gasteiger partial charge in [-0.2, -0.15) is 0 Å². The van der Waals surface area contributed by atoms with Crippen molar-refractivity contribution in [3.05, 3.63) is 70.9 Å². The van der Waals surface area contributed by atoms with Gasteiger partial charge in [0.1, 0.15) is 16.2 Å². The Morgan fingerprint density at radius 3 is 2.45 bits per heavy atom. The van der Waals surface area contributed by atoms with Crippen molar-refractivity contribution in [2.75, 3.05) is 5.32 Å². The lowest BCUT2D eigenvalue weighted by atomic mass is 10.1. The van der Waals surface area contributed by atoms with Gasteiger partial charge in [-0.05, 0) is 43.9 Å². The van der Waals surface area contributed by atoms with Crippen molar-refractivity contribution < 1.29 is 4.79 Å². The summed E-state index contributed by atoms with van der Waals surface area (Å²) in [6.07, 6.45) is 2.30. The lowest BCUT2D eigenvalue weighted by molar-refractivity contribution is -0.115. The summed E-state index contributed by atoms with van der Waals surface area (Å²) < 4.78 is 0. The molecule has 0 spiro atoms. The Hall–Kier alpha value is -2.70. The van der Waals surface area contributed by atoms with E-state index in [2.05, 4.69) is 51.9 Å². The van der Waals surface area contributed by atoms with E-state index in [0.717, 1.165) is 43.2 Å². The number of fused-ring (bicyclic) bond motifs is 1. The molecule has 4 rings (SSSR count). The van der Waals surface area contributed by atoms with Crippen molar-refractivity contribution in [1.82, 2.24) is 9.97 Å². The number of nitrogens with zero attached hydrogens (tertiary/aromatic N) is 2. The van der Waals surface area contributed by atoms with Crippen LogP contribution in [0.2, 0.25) is 0 Å². The molecule has 31 heavy (non-hydrogen) atoms. The van der Waals surface area contributed by atoms with Crippen LogP contribution < -0.4 is 5.32 Å². The monoisotopic (exact) mass is 447 g/mol. The van der Waals surface area contributed by atoms with E-state index in [1.54, 1.807) is 17.7 Å². The van der Waals surface area contributed by atoms with Crippen LogP contribution in [0.1, 0.15) is 30.0 Å². The fraction of sp³-hybridized carbons (Fsp3) is 0.240. The van der Waals surface area contributed by atoms with E-state index in [9.17, 15) is 4.79 Å². The number of benzene rings is 2. The molecule has 0 saturated carbocycles. The van der Waals surface area contributed by atoms with Crippen molar-refractivity contribution >= 4 is 44.9 Å². The molecule has 4 nitrogen and oxygen atoms in total. The lowest BCUT2D eigenvalue weighted by Gasteiger charge is -2.17. The largest absolute Gasteiger partial charge is 0.325 e. The molecule has 2 heterocycles. The predicted octanol–water partition coefficient (Wildman–Crippen LogP) is 6.79. The van der Waals surface area contributed by atoms with Gasteiger partial charge in [0.15, 0.2) is 0 Å². The summed E-state index contributed by atoms with van der Waals surface area (Å²) in [6.45, 7) is 8.16. The number of nitrogens with one attached hydrogen (secondary N) is 1. The first-order chi connectivity index (χ1) is 15.0. The quantitative estimate of drug-likeness (QED) is 0.261. The molecule has 0 saturated heterocycles. The van der Waals surface area contributed by atoms with Crippen molar-refractivity contribution in [3.8, 4) is 11.1 Å². The van der Waals surface area contributed by atoms with Gasteiger partial charge in [-0.15, -0.1) is 11.3 Å². The van der Waals surface area contributed by atoms with Gasteiger partial charge < -0.3 is 5.32 Å². The Kier molecular flexibility index (Phi) is 6.39. The molecule has 158 valence electrons. The number of thioether (sulfide) groups is 1. The van der Waals surface area contributed by atoms with Gasteiger partial charge in [0.05, 0.1) is 10.6 Å². The summed E-state index contributed by atoms with van der Waals surface area (Å²) in [5.74, 6) is 0.00350. The number of hydrogen-bond acceptors (Lipinski definition) is 5. The van der Waals surface area contributed by atoms with Gasteiger partial charge in [0.25, 0.3) is 0 Å². The van der Waals surface area contributed by atoms with Gasteiger partial charge >= 0.3 is 0 Å². The lowest BCUT2D eigenvalue weighted by Crippen LogP contribution is -2.25. The molecule has 1 atom stereocenters. The number of thiophene rings is 1. The second-order valence-corrected chi connectivity index (χ2v) is 9.69. The van der Waals surface area contributed by atoms with Crippen LogP contribution in [-0.2, 0) is 4.79 Å². The van der Waals surface area contributed by atoms with E-state index in [4.69, 9.17) is 0 Å². The van der Waals surface area contributed by atoms with Crippen molar-refractivity contribution in [3.63, 3.8) is 0 Å². The zero-order chi connectivity index (χ0) is 22.0. The molecule has 0 aliphatic rings. The van der Waals surface area contributed by atoms with Gasteiger partial charge in [0, 0.05) is 16.6 Å². The summed E-state index contributed by atoms with van der Waals surface area (Å²) in [5, 5.41) is 6.91. The summed E-state index contributed by atoms with van der Waals surface area (Å²) in [7, 11) is 0. The summed E-state index contributed by atoms with van der Waals surface area (Å²) in [4.78, 5) is 23.1. The normalized spacial score (nSPS) is 12.1. The first kappa shape index (κ1) is 21.5. The molecular weight excluding hydrogens is 422 g/mol. The van der Waals surface area contributed by atoms with Crippen LogP contribution >= 0.6 is 23.1 Å². The zero-order valence-corrected chi connectivity index (χ0v) is 19.7. The Bertz CT molecular complexity index is 1210. The number of para-hydroxylation sites is 1. The Morgan fingerprint density at radius 2 is 1.77 bits per heavy atom. The number of carbonyl (C=O) groups excluding carboxylic acids is 1. The van der Waals surface area contributed by atoms with E-state index in [-0.39, 0.29) is 11.2 Å². The van der Waals surface area contributed by atoms with E-state index in [0.29, 0.717) is 6.42 Å². The van der Waals surface area contributed by atoms with Gasteiger partial charge in [-0.25, -0.2) is 9.97 Å². The van der Waals surface area contributed by atoms with Gasteiger partial charge in [-0.3, -0.25) is 4.79 Å². The Labute approximate surface area is 191 Å².